The Morgan fingerprint density at radius 1 is 1.03 bits per heavy atom. The SMILES string of the molecule is COc1ccc(C=C2SC(=Nc3ccccc3)NC2=O)cc1OCc1ccc(Cl)cc1Cl. The summed E-state index contributed by atoms with van der Waals surface area (Å²) in [5.74, 6) is 0.914. The molecule has 3 aromatic rings. The second-order valence-electron chi connectivity index (χ2n) is 6.75. The minimum Gasteiger partial charge on any atom is -0.493 e. The highest BCUT2D eigenvalue weighted by Gasteiger charge is 2.24. The zero-order valence-corrected chi connectivity index (χ0v) is 19.3. The van der Waals surface area contributed by atoms with Gasteiger partial charge in [0.25, 0.3) is 5.91 Å². The van der Waals surface area contributed by atoms with Gasteiger partial charge in [-0.05, 0) is 59.8 Å². The van der Waals surface area contributed by atoms with Crippen LogP contribution in [0, 0.1) is 0 Å². The van der Waals surface area contributed by atoms with Crippen LogP contribution in [0.25, 0.3) is 6.08 Å². The van der Waals surface area contributed by atoms with E-state index in [0.29, 0.717) is 31.6 Å². The van der Waals surface area contributed by atoms with Gasteiger partial charge in [-0.15, -0.1) is 0 Å². The standard InChI is InChI=1S/C24H18Cl2N2O3S/c1-30-20-10-7-15(11-21(20)31-14-16-8-9-17(25)13-19(16)26)12-22-23(29)28-24(32-22)27-18-5-3-2-4-6-18/h2-13H,14H2,1H3,(H,27,28,29). The molecule has 0 radical (unpaired) electrons. The zero-order chi connectivity index (χ0) is 22.5. The third kappa shape index (κ3) is 5.46. The maximum atomic E-state index is 12.4. The Hall–Kier alpha value is -2.93. The fourth-order valence-electron chi connectivity index (χ4n) is 2.94. The van der Waals surface area contributed by atoms with Crippen molar-refractivity contribution in [3.63, 3.8) is 0 Å². The molecule has 0 saturated carbocycles. The predicted octanol–water partition coefficient (Wildman–Crippen LogP) is 6.47. The summed E-state index contributed by atoms with van der Waals surface area (Å²) in [6.45, 7) is 0.246. The molecule has 1 aliphatic rings. The fraction of sp³-hybridized carbons (Fsp3) is 0.0833. The molecule has 8 heteroatoms. The first-order valence-electron chi connectivity index (χ1n) is 9.61. The van der Waals surface area contributed by atoms with Gasteiger partial charge in [-0.3, -0.25) is 4.79 Å². The van der Waals surface area contributed by atoms with Crippen molar-refractivity contribution in [3.05, 3.63) is 92.8 Å². The number of rotatable bonds is 6. The van der Waals surface area contributed by atoms with Crippen LogP contribution in [-0.2, 0) is 11.4 Å². The summed E-state index contributed by atoms with van der Waals surface area (Å²) in [5, 5.41) is 4.42. The van der Waals surface area contributed by atoms with Crippen LogP contribution in [-0.4, -0.2) is 18.2 Å². The lowest BCUT2D eigenvalue weighted by Gasteiger charge is -2.12. The van der Waals surface area contributed by atoms with Crippen LogP contribution in [0.5, 0.6) is 11.5 Å². The van der Waals surface area contributed by atoms with E-state index in [1.165, 1.54) is 11.8 Å². The van der Waals surface area contributed by atoms with Gasteiger partial charge in [0.05, 0.1) is 17.7 Å². The molecule has 5 nitrogen and oxygen atoms in total. The van der Waals surface area contributed by atoms with Crippen LogP contribution in [0.15, 0.2) is 76.6 Å². The quantitative estimate of drug-likeness (QED) is 0.407. The minimum absolute atomic E-state index is 0.198. The van der Waals surface area contributed by atoms with Gasteiger partial charge in [-0.25, -0.2) is 4.99 Å². The molecule has 3 aromatic carbocycles. The molecule has 0 atom stereocenters. The highest BCUT2D eigenvalue weighted by Crippen LogP contribution is 2.33. The third-order valence-corrected chi connectivity index (χ3v) is 6.02. The molecule has 1 fully saturated rings. The van der Waals surface area contributed by atoms with Gasteiger partial charge < -0.3 is 14.8 Å². The van der Waals surface area contributed by atoms with E-state index in [4.69, 9.17) is 32.7 Å². The number of halogens is 2. The van der Waals surface area contributed by atoms with Gasteiger partial charge in [0.2, 0.25) is 0 Å². The van der Waals surface area contributed by atoms with Crippen molar-refractivity contribution in [2.24, 2.45) is 4.99 Å². The Bertz CT molecular complexity index is 1210. The van der Waals surface area contributed by atoms with Crippen LogP contribution in [0.4, 0.5) is 5.69 Å². The van der Waals surface area contributed by atoms with Gasteiger partial charge in [0, 0.05) is 15.6 Å². The number of ether oxygens (including phenoxy) is 2. The zero-order valence-electron chi connectivity index (χ0n) is 17.0. The molecule has 1 amide bonds. The maximum Gasteiger partial charge on any atom is 0.264 e. The molecule has 1 N–H and O–H groups in total. The summed E-state index contributed by atoms with van der Waals surface area (Å²) in [7, 11) is 1.57. The number of para-hydroxylation sites is 1. The van der Waals surface area contributed by atoms with Crippen molar-refractivity contribution in [2.45, 2.75) is 6.61 Å². The molecule has 1 aliphatic heterocycles. The van der Waals surface area contributed by atoms with Crippen LogP contribution >= 0.6 is 35.0 Å². The third-order valence-electron chi connectivity index (χ3n) is 4.52. The van der Waals surface area contributed by atoms with E-state index in [0.717, 1.165) is 16.8 Å². The van der Waals surface area contributed by atoms with Gasteiger partial charge >= 0.3 is 0 Å². The Morgan fingerprint density at radius 2 is 1.84 bits per heavy atom. The van der Waals surface area contributed by atoms with Crippen molar-refractivity contribution in [2.75, 3.05) is 7.11 Å². The highest BCUT2D eigenvalue weighted by atomic mass is 35.5. The van der Waals surface area contributed by atoms with Crippen LogP contribution < -0.4 is 14.8 Å². The number of aliphatic imine (C=N–C) groups is 1. The van der Waals surface area contributed by atoms with Crippen molar-refractivity contribution in [1.82, 2.24) is 5.32 Å². The number of thioether (sulfide) groups is 1. The molecule has 4 rings (SSSR count). The average molecular weight is 485 g/mol. The molecule has 0 bridgehead atoms. The number of nitrogens with zero attached hydrogens (tertiary/aromatic N) is 1. The number of benzene rings is 3. The van der Waals surface area contributed by atoms with Crippen molar-refractivity contribution in [1.29, 1.82) is 0 Å². The molecule has 1 saturated heterocycles. The maximum absolute atomic E-state index is 12.4. The van der Waals surface area contributed by atoms with Crippen molar-refractivity contribution in [3.8, 4) is 11.5 Å². The van der Waals surface area contributed by atoms with E-state index < -0.39 is 0 Å². The molecule has 0 unspecified atom stereocenters. The lowest BCUT2D eigenvalue weighted by atomic mass is 10.2. The van der Waals surface area contributed by atoms with Crippen LogP contribution in [0.1, 0.15) is 11.1 Å². The van der Waals surface area contributed by atoms with E-state index >= 15 is 0 Å². The van der Waals surface area contributed by atoms with Gasteiger partial charge in [-0.2, -0.15) is 0 Å². The largest absolute Gasteiger partial charge is 0.493 e. The summed E-state index contributed by atoms with van der Waals surface area (Å²) >= 11 is 13.5. The van der Waals surface area contributed by atoms with E-state index in [-0.39, 0.29) is 12.5 Å². The van der Waals surface area contributed by atoms with E-state index in [2.05, 4.69) is 10.3 Å². The summed E-state index contributed by atoms with van der Waals surface area (Å²) in [6.07, 6.45) is 1.79. The van der Waals surface area contributed by atoms with Gasteiger partial charge in [0.1, 0.15) is 6.61 Å². The second-order valence-corrected chi connectivity index (χ2v) is 8.63. The summed E-state index contributed by atoms with van der Waals surface area (Å²) in [4.78, 5) is 17.4. The smallest absolute Gasteiger partial charge is 0.264 e. The first kappa shape index (κ1) is 22.3. The molecule has 0 aromatic heterocycles. The number of hydrogen-bond acceptors (Lipinski definition) is 5. The summed E-state index contributed by atoms with van der Waals surface area (Å²) in [5.41, 5.74) is 2.37. The Kier molecular flexibility index (Phi) is 7.05. The Balaban J connectivity index is 1.53. The van der Waals surface area contributed by atoms with E-state index in [9.17, 15) is 4.79 Å². The monoisotopic (exact) mass is 484 g/mol. The van der Waals surface area contributed by atoms with E-state index in [1.807, 2.05) is 48.5 Å². The lowest BCUT2D eigenvalue weighted by molar-refractivity contribution is -0.115. The molecule has 162 valence electrons. The van der Waals surface area contributed by atoms with Gasteiger partial charge in [0.15, 0.2) is 16.7 Å². The topological polar surface area (TPSA) is 59.9 Å². The molecule has 0 spiro atoms. The number of methoxy groups -OCH3 is 1. The van der Waals surface area contributed by atoms with Crippen molar-refractivity contribution < 1.29 is 14.3 Å². The molecule has 32 heavy (non-hydrogen) atoms. The molecule has 0 aliphatic carbocycles. The Morgan fingerprint density at radius 3 is 2.59 bits per heavy atom. The van der Waals surface area contributed by atoms with Crippen LogP contribution in [0.2, 0.25) is 10.0 Å². The molecule has 1 heterocycles. The van der Waals surface area contributed by atoms with E-state index in [1.54, 1.807) is 31.4 Å². The average Bonchev–Trinajstić information content (AvgIpc) is 3.12. The predicted molar refractivity (Wildman–Crippen MR) is 131 cm³/mol. The fourth-order valence-corrected chi connectivity index (χ4v) is 4.25. The number of amides is 1. The summed E-state index contributed by atoms with van der Waals surface area (Å²) in [6, 6.07) is 20.2. The Labute approximate surface area is 200 Å². The summed E-state index contributed by atoms with van der Waals surface area (Å²) < 4.78 is 11.4. The number of nitrogens with one attached hydrogen (secondary N) is 1. The molecular formula is C24H18Cl2N2O3S. The first-order valence-corrected chi connectivity index (χ1v) is 11.2. The second kappa shape index (κ2) is 10.1. The van der Waals surface area contributed by atoms with Crippen LogP contribution in [0.3, 0.4) is 0 Å². The lowest BCUT2D eigenvalue weighted by Crippen LogP contribution is -2.19. The van der Waals surface area contributed by atoms with Crippen molar-refractivity contribution >= 4 is 57.8 Å². The molecular weight excluding hydrogens is 467 g/mol. The number of hydrogen-bond donors (Lipinski definition) is 1. The minimum atomic E-state index is -0.198. The number of carbonyl (C=O) groups is 1. The normalized spacial score (nSPS) is 15.8. The highest BCUT2D eigenvalue weighted by molar-refractivity contribution is 8.18. The number of carbonyl (C=O) groups excluding carboxylic acids is 1. The first-order chi connectivity index (χ1) is 15.5. The van der Waals surface area contributed by atoms with Gasteiger partial charge in [-0.1, -0.05) is 53.5 Å². The number of amidine groups is 1.